The molecule has 3 rings (SSSR count). The minimum atomic E-state index is -0.0500. The molecular weight excluding hydrogens is 246 g/mol. The van der Waals surface area contributed by atoms with Gasteiger partial charge in [0.1, 0.15) is 0 Å². The Bertz CT molecular complexity index is 545. The van der Waals surface area contributed by atoms with Crippen LogP contribution in [0.15, 0.2) is 17.5 Å². The van der Waals surface area contributed by atoms with Crippen molar-refractivity contribution < 1.29 is 4.79 Å². The number of hydrogen-bond donors (Lipinski definition) is 2. The summed E-state index contributed by atoms with van der Waals surface area (Å²) in [4.78, 5) is 13.3. The van der Waals surface area contributed by atoms with Gasteiger partial charge < -0.3 is 5.32 Å². The second kappa shape index (κ2) is 4.94. The molecular formula is C13H15N3OS. The summed E-state index contributed by atoms with van der Waals surface area (Å²) >= 11 is 1.72. The van der Waals surface area contributed by atoms with Crippen molar-refractivity contribution in [2.75, 3.05) is 6.54 Å². The molecule has 2 aromatic rings. The van der Waals surface area contributed by atoms with Crippen molar-refractivity contribution in [2.45, 2.75) is 25.7 Å². The van der Waals surface area contributed by atoms with Gasteiger partial charge in [-0.1, -0.05) is 6.07 Å². The third-order valence-corrected chi connectivity index (χ3v) is 4.19. The highest BCUT2D eigenvalue weighted by atomic mass is 32.1. The highest BCUT2D eigenvalue weighted by molar-refractivity contribution is 7.09. The van der Waals surface area contributed by atoms with Gasteiger partial charge in [-0.05, 0) is 37.1 Å². The molecule has 94 valence electrons. The van der Waals surface area contributed by atoms with Gasteiger partial charge in [0.25, 0.3) is 5.91 Å². The smallest absolute Gasteiger partial charge is 0.272 e. The van der Waals surface area contributed by atoms with E-state index in [4.69, 9.17) is 0 Å². The number of carbonyl (C=O) groups excluding carboxylic acids is 1. The van der Waals surface area contributed by atoms with Gasteiger partial charge in [0.15, 0.2) is 5.69 Å². The summed E-state index contributed by atoms with van der Waals surface area (Å²) in [6, 6.07) is 4.12. The quantitative estimate of drug-likeness (QED) is 0.883. The number of carbonyl (C=O) groups is 1. The van der Waals surface area contributed by atoms with E-state index in [1.54, 1.807) is 11.3 Å². The molecule has 5 heteroatoms. The first kappa shape index (κ1) is 11.5. The summed E-state index contributed by atoms with van der Waals surface area (Å²) < 4.78 is 0. The Morgan fingerprint density at radius 1 is 1.50 bits per heavy atom. The predicted octanol–water partition coefficient (Wildman–Crippen LogP) is 1.93. The summed E-state index contributed by atoms with van der Waals surface area (Å²) in [6.07, 6.45) is 4.00. The maximum atomic E-state index is 12.0. The SMILES string of the molecule is O=C(NCCc1cccs1)c1n[nH]c2c1CCC2. The summed E-state index contributed by atoms with van der Waals surface area (Å²) in [6.45, 7) is 0.668. The van der Waals surface area contributed by atoms with Crippen LogP contribution in [-0.2, 0) is 19.3 Å². The average molecular weight is 261 g/mol. The number of aromatic nitrogens is 2. The molecule has 1 aliphatic rings. The van der Waals surface area contributed by atoms with Crippen molar-refractivity contribution >= 4 is 17.2 Å². The number of thiophene rings is 1. The molecule has 2 aromatic heterocycles. The zero-order valence-corrected chi connectivity index (χ0v) is 10.8. The predicted molar refractivity (Wildman–Crippen MR) is 71.0 cm³/mol. The number of nitrogens with zero attached hydrogens (tertiary/aromatic N) is 1. The van der Waals surface area contributed by atoms with Crippen LogP contribution in [0.5, 0.6) is 0 Å². The van der Waals surface area contributed by atoms with E-state index in [0.717, 1.165) is 36.9 Å². The Morgan fingerprint density at radius 2 is 2.44 bits per heavy atom. The van der Waals surface area contributed by atoms with Crippen LogP contribution in [0.25, 0.3) is 0 Å². The van der Waals surface area contributed by atoms with E-state index in [2.05, 4.69) is 27.0 Å². The lowest BCUT2D eigenvalue weighted by molar-refractivity contribution is 0.0948. The molecule has 2 heterocycles. The van der Waals surface area contributed by atoms with E-state index in [9.17, 15) is 4.79 Å². The molecule has 0 saturated heterocycles. The Balaban J connectivity index is 1.58. The normalized spacial score (nSPS) is 13.6. The molecule has 0 unspecified atom stereocenters. The first-order valence-electron chi connectivity index (χ1n) is 6.21. The molecule has 0 radical (unpaired) electrons. The van der Waals surface area contributed by atoms with Gasteiger partial charge in [0, 0.05) is 22.7 Å². The van der Waals surface area contributed by atoms with Gasteiger partial charge in [-0.2, -0.15) is 5.10 Å². The van der Waals surface area contributed by atoms with E-state index in [0.29, 0.717) is 12.2 Å². The molecule has 0 saturated carbocycles. The summed E-state index contributed by atoms with van der Waals surface area (Å²) in [5, 5.41) is 12.1. The third-order valence-electron chi connectivity index (χ3n) is 3.26. The van der Waals surface area contributed by atoms with E-state index >= 15 is 0 Å². The molecule has 0 aliphatic heterocycles. The van der Waals surface area contributed by atoms with Gasteiger partial charge in [-0.25, -0.2) is 0 Å². The van der Waals surface area contributed by atoms with E-state index in [1.807, 2.05) is 6.07 Å². The molecule has 0 atom stereocenters. The molecule has 0 fully saturated rings. The fraction of sp³-hybridized carbons (Fsp3) is 0.385. The second-order valence-electron chi connectivity index (χ2n) is 4.47. The van der Waals surface area contributed by atoms with Crippen molar-refractivity contribution in [2.24, 2.45) is 0 Å². The number of aromatic amines is 1. The van der Waals surface area contributed by atoms with Gasteiger partial charge in [-0.15, -0.1) is 11.3 Å². The monoisotopic (exact) mass is 261 g/mol. The minimum absolute atomic E-state index is 0.0500. The Kier molecular flexibility index (Phi) is 3.15. The van der Waals surface area contributed by atoms with Crippen molar-refractivity contribution in [1.29, 1.82) is 0 Å². The number of amides is 1. The molecule has 18 heavy (non-hydrogen) atoms. The van der Waals surface area contributed by atoms with E-state index < -0.39 is 0 Å². The molecule has 0 bridgehead atoms. The van der Waals surface area contributed by atoms with Crippen LogP contribution in [0.2, 0.25) is 0 Å². The summed E-state index contributed by atoms with van der Waals surface area (Å²) in [5.74, 6) is -0.0500. The fourth-order valence-corrected chi connectivity index (χ4v) is 3.05. The maximum absolute atomic E-state index is 12.0. The highest BCUT2D eigenvalue weighted by Gasteiger charge is 2.22. The first-order valence-corrected chi connectivity index (χ1v) is 7.09. The third kappa shape index (κ3) is 2.18. The van der Waals surface area contributed by atoms with Crippen LogP contribution in [-0.4, -0.2) is 22.6 Å². The Morgan fingerprint density at radius 3 is 3.28 bits per heavy atom. The highest BCUT2D eigenvalue weighted by Crippen LogP contribution is 2.22. The standard InChI is InChI=1S/C13H15N3OS/c17-13(14-7-6-9-3-2-8-18-9)12-10-4-1-5-11(10)15-16-12/h2-3,8H,1,4-7H2,(H,14,17)(H,15,16). The van der Waals surface area contributed by atoms with Crippen molar-refractivity contribution in [1.82, 2.24) is 15.5 Å². The lowest BCUT2D eigenvalue weighted by Crippen LogP contribution is -2.26. The largest absolute Gasteiger partial charge is 0.350 e. The first-order chi connectivity index (χ1) is 8.84. The maximum Gasteiger partial charge on any atom is 0.272 e. The number of rotatable bonds is 4. The molecule has 0 aromatic carbocycles. The van der Waals surface area contributed by atoms with Crippen LogP contribution < -0.4 is 5.32 Å². The molecule has 1 aliphatic carbocycles. The fourth-order valence-electron chi connectivity index (χ4n) is 2.34. The summed E-state index contributed by atoms with van der Waals surface area (Å²) in [5.41, 5.74) is 2.84. The lowest BCUT2D eigenvalue weighted by Gasteiger charge is -2.03. The Labute approximate surface area is 109 Å². The van der Waals surface area contributed by atoms with Crippen LogP contribution in [0.3, 0.4) is 0 Å². The van der Waals surface area contributed by atoms with Crippen LogP contribution in [0, 0.1) is 0 Å². The molecule has 0 spiro atoms. The van der Waals surface area contributed by atoms with Gasteiger partial charge in [-0.3, -0.25) is 9.89 Å². The van der Waals surface area contributed by atoms with Crippen molar-refractivity contribution in [3.05, 3.63) is 39.3 Å². The summed E-state index contributed by atoms with van der Waals surface area (Å²) in [7, 11) is 0. The van der Waals surface area contributed by atoms with Gasteiger partial charge >= 0.3 is 0 Å². The number of fused-ring (bicyclic) bond motifs is 1. The number of H-pyrrole nitrogens is 1. The molecule has 1 amide bonds. The van der Waals surface area contributed by atoms with Gasteiger partial charge in [0.05, 0.1) is 0 Å². The zero-order valence-electron chi connectivity index (χ0n) is 10.0. The number of hydrogen-bond acceptors (Lipinski definition) is 3. The Hall–Kier alpha value is -1.62. The minimum Gasteiger partial charge on any atom is -0.350 e. The van der Waals surface area contributed by atoms with Gasteiger partial charge in [0.2, 0.25) is 0 Å². The van der Waals surface area contributed by atoms with Crippen molar-refractivity contribution in [3.8, 4) is 0 Å². The van der Waals surface area contributed by atoms with Crippen LogP contribution in [0.1, 0.15) is 33.0 Å². The van der Waals surface area contributed by atoms with E-state index in [-0.39, 0.29) is 5.91 Å². The average Bonchev–Trinajstić information content (AvgIpc) is 3.05. The lowest BCUT2D eigenvalue weighted by atomic mass is 10.2. The topological polar surface area (TPSA) is 57.8 Å². The second-order valence-corrected chi connectivity index (χ2v) is 5.50. The van der Waals surface area contributed by atoms with Crippen LogP contribution >= 0.6 is 11.3 Å². The number of nitrogens with one attached hydrogen (secondary N) is 2. The van der Waals surface area contributed by atoms with Crippen molar-refractivity contribution in [3.63, 3.8) is 0 Å². The van der Waals surface area contributed by atoms with E-state index in [1.165, 1.54) is 4.88 Å². The number of aryl methyl sites for hydroxylation is 1. The van der Waals surface area contributed by atoms with Crippen LogP contribution in [0.4, 0.5) is 0 Å². The molecule has 4 nitrogen and oxygen atoms in total. The zero-order chi connectivity index (χ0) is 12.4. The molecule has 2 N–H and O–H groups in total.